The zero-order valence-corrected chi connectivity index (χ0v) is 24.9. The number of nitrogens with zero attached hydrogens (tertiary/aromatic N) is 2. The van der Waals surface area contributed by atoms with Crippen molar-refractivity contribution in [2.75, 3.05) is 45.4 Å². The number of benzene rings is 2. The molecule has 1 saturated heterocycles. The van der Waals surface area contributed by atoms with Crippen molar-refractivity contribution in [2.45, 2.75) is 50.1 Å². The van der Waals surface area contributed by atoms with E-state index in [-0.39, 0.29) is 13.1 Å². The summed E-state index contributed by atoms with van der Waals surface area (Å²) in [4.78, 5) is 53.0. The van der Waals surface area contributed by atoms with Gasteiger partial charge in [0.25, 0.3) is 0 Å². The second-order valence-corrected chi connectivity index (χ2v) is 11.2. The van der Waals surface area contributed by atoms with E-state index in [0.717, 1.165) is 16.3 Å². The van der Waals surface area contributed by atoms with Crippen molar-refractivity contribution in [2.24, 2.45) is 5.73 Å². The summed E-state index contributed by atoms with van der Waals surface area (Å²) < 4.78 is 46.6. The Morgan fingerprint density at radius 2 is 1.88 bits per heavy atom. The maximum absolute atomic E-state index is 13.2. The molecule has 3 atom stereocenters. The highest BCUT2D eigenvalue weighted by molar-refractivity contribution is 7.98. The molecular weight excluding hydrogens is 589 g/mol. The minimum absolute atomic E-state index is 0.0935. The van der Waals surface area contributed by atoms with E-state index >= 15 is 0 Å². The van der Waals surface area contributed by atoms with E-state index in [4.69, 9.17) is 10.5 Å². The van der Waals surface area contributed by atoms with Crippen LogP contribution in [0.5, 0.6) is 0 Å². The Morgan fingerprint density at radius 3 is 2.58 bits per heavy atom. The normalized spacial score (nSPS) is 16.6. The fraction of sp³-hybridized carbons (Fsp3) is 0.517. The van der Waals surface area contributed by atoms with Gasteiger partial charge < -0.3 is 25.4 Å². The summed E-state index contributed by atoms with van der Waals surface area (Å²) in [6.07, 6.45) is -1.71. The van der Waals surface area contributed by atoms with Crippen LogP contribution in [0.2, 0.25) is 0 Å². The number of nitrogens with two attached hydrogens (primary N) is 1. The summed E-state index contributed by atoms with van der Waals surface area (Å²) in [7, 11) is 1.26. The SMILES string of the molecule is COC(=O)[C@H](CCSC)NC(=O)CN(Cc1cccc2ccccc12)C[C@@H]1CCCN1C(=O)[C@@H](N)COC(=O)C(F)(F)F. The number of amides is 2. The van der Waals surface area contributed by atoms with Gasteiger partial charge in [0.2, 0.25) is 11.8 Å². The minimum Gasteiger partial charge on any atom is -0.467 e. The Morgan fingerprint density at radius 1 is 1.16 bits per heavy atom. The number of rotatable bonds is 14. The van der Waals surface area contributed by atoms with Crippen molar-refractivity contribution in [3.05, 3.63) is 48.0 Å². The van der Waals surface area contributed by atoms with E-state index < -0.39 is 54.7 Å². The van der Waals surface area contributed by atoms with Gasteiger partial charge in [0.1, 0.15) is 18.7 Å². The van der Waals surface area contributed by atoms with Crippen molar-refractivity contribution in [1.29, 1.82) is 0 Å². The topological polar surface area (TPSA) is 131 Å². The number of ether oxygens (including phenoxy) is 2. The fourth-order valence-electron chi connectivity index (χ4n) is 5.07. The first-order chi connectivity index (χ1) is 20.4. The van der Waals surface area contributed by atoms with Gasteiger partial charge in [0.05, 0.1) is 13.7 Å². The Bertz CT molecular complexity index is 1280. The summed E-state index contributed by atoms with van der Waals surface area (Å²) in [5, 5.41) is 4.78. The number of nitrogens with one attached hydrogen (secondary N) is 1. The first kappa shape index (κ1) is 34.1. The standard InChI is InChI=1S/C29H37F3N4O6S/c1-41-27(39)24(12-14-43-2)34-25(37)17-35(15-20-9-5-8-19-7-3-4-11-22(19)20)16-21-10-6-13-36(21)26(38)23(33)18-42-28(40)29(30,31)32/h3-5,7-9,11,21,23-24H,6,10,12-18,33H2,1-2H3,(H,34,37)/t21-,23-,24-/m0/s1. The maximum atomic E-state index is 13.2. The number of fused-ring (bicyclic) bond motifs is 1. The van der Waals surface area contributed by atoms with Crippen LogP contribution in [0.25, 0.3) is 10.8 Å². The number of halogens is 3. The van der Waals surface area contributed by atoms with Crippen LogP contribution in [0.4, 0.5) is 13.2 Å². The van der Waals surface area contributed by atoms with E-state index in [9.17, 15) is 32.3 Å². The molecule has 0 aliphatic carbocycles. The van der Waals surface area contributed by atoms with Crippen LogP contribution >= 0.6 is 11.8 Å². The van der Waals surface area contributed by atoms with Crippen molar-refractivity contribution in [1.82, 2.24) is 15.1 Å². The van der Waals surface area contributed by atoms with Crippen LogP contribution < -0.4 is 11.1 Å². The highest BCUT2D eigenvalue weighted by atomic mass is 32.2. The summed E-state index contributed by atoms with van der Waals surface area (Å²) in [5.74, 6) is -3.37. The quantitative estimate of drug-likeness (QED) is 0.304. The van der Waals surface area contributed by atoms with Crippen LogP contribution in [0.3, 0.4) is 0 Å². The lowest BCUT2D eigenvalue weighted by atomic mass is 10.0. The Labute approximate surface area is 252 Å². The second-order valence-electron chi connectivity index (χ2n) is 10.3. The van der Waals surface area contributed by atoms with E-state index in [1.165, 1.54) is 23.8 Å². The van der Waals surface area contributed by atoms with E-state index in [1.807, 2.05) is 53.6 Å². The summed E-state index contributed by atoms with van der Waals surface area (Å²) in [6, 6.07) is 11.0. The third kappa shape index (κ3) is 9.83. The number of carbonyl (C=O) groups is 4. The van der Waals surface area contributed by atoms with Crippen LogP contribution in [-0.4, -0.2) is 103 Å². The fourth-order valence-corrected chi connectivity index (χ4v) is 5.54. The molecule has 3 N–H and O–H groups in total. The molecule has 2 aromatic carbocycles. The third-order valence-corrected chi connectivity index (χ3v) is 7.79. The monoisotopic (exact) mass is 626 g/mol. The Balaban J connectivity index is 1.78. The molecule has 0 saturated carbocycles. The molecule has 14 heteroatoms. The summed E-state index contributed by atoms with van der Waals surface area (Å²) >= 11 is 1.53. The molecule has 2 amide bonds. The highest BCUT2D eigenvalue weighted by Crippen LogP contribution is 2.24. The summed E-state index contributed by atoms with van der Waals surface area (Å²) in [5.41, 5.74) is 6.77. The molecule has 10 nitrogen and oxygen atoms in total. The predicted molar refractivity (Wildman–Crippen MR) is 156 cm³/mol. The number of carbonyl (C=O) groups excluding carboxylic acids is 4. The van der Waals surface area contributed by atoms with Crippen molar-refractivity contribution in [3.63, 3.8) is 0 Å². The molecule has 0 aromatic heterocycles. The van der Waals surface area contributed by atoms with Gasteiger partial charge in [-0.05, 0) is 47.6 Å². The lowest BCUT2D eigenvalue weighted by molar-refractivity contribution is -0.200. The van der Waals surface area contributed by atoms with Gasteiger partial charge in [-0.1, -0.05) is 42.5 Å². The Kier molecular flexibility index (Phi) is 12.6. The van der Waals surface area contributed by atoms with Crippen molar-refractivity contribution in [3.8, 4) is 0 Å². The number of likely N-dealkylation sites (tertiary alicyclic amines) is 1. The number of methoxy groups -OCH3 is 1. The number of hydrogen-bond acceptors (Lipinski definition) is 9. The second kappa shape index (κ2) is 15.9. The first-order valence-corrected chi connectivity index (χ1v) is 15.2. The number of alkyl halides is 3. The van der Waals surface area contributed by atoms with Gasteiger partial charge in [-0.15, -0.1) is 0 Å². The molecule has 236 valence electrons. The average Bonchev–Trinajstić information content (AvgIpc) is 3.44. The molecule has 43 heavy (non-hydrogen) atoms. The minimum atomic E-state index is -5.19. The molecule has 1 heterocycles. The number of hydrogen-bond donors (Lipinski definition) is 2. The zero-order valence-electron chi connectivity index (χ0n) is 24.1. The molecule has 1 fully saturated rings. The summed E-state index contributed by atoms with van der Waals surface area (Å²) in [6.45, 7) is -0.0868. The Hall–Kier alpha value is -3.36. The third-order valence-electron chi connectivity index (χ3n) is 7.14. The molecule has 1 aliphatic rings. The molecule has 0 unspecified atom stereocenters. The number of thioether (sulfide) groups is 1. The van der Waals surface area contributed by atoms with E-state index in [1.54, 1.807) is 0 Å². The van der Waals surface area contributed by atoms with E-state index in [0.29, 0.717) is 38.1 Å². The predicted octanol–water partition coefficient (Wildman–Crippen LogP) is 2.48. The van der Waals surface area contributed by atoms with Crippen LogP contribution in [0.15, 0.2) is 42.5 Å². The van der Waals surface area contributed by atoms with Gasteiger partial charge in [-0.25, -0.2) is 9.59 Å². The number of esters is 2. The average molecular weight is 627 g/mol. The molecular formula is C29H37F3N4O6S. The van der Waals surface area contributed by atoms with Crippen molar-refractivity contribution < 1.29 is 41.8 Å². The molecule has 3 rings (SSSR count). The lowest BCUT2D eigenvalue weighted by Crippen LogP contribution is -2.52. The van der Waals surface area contributed by atoms with Gasteiger partial charge in [0, 0.05) is 25.7 Å². The smallest absolute Gasteiger partial charge is 0.467 e. The maximum Gasteiger partial charge on any atom is 0.490 e. The van der Waals surface area contributed by atoms with Crippen LogP contribution in [0, 0.1) is 0 Å². The van der Waals surface area contributed by atoms with Crippen LogP contribution in [0.1, 0.15) is 24.8 Å². The first-order valence-electron chi connectivity index (χ1n) is 13.8. The molecule has 0 spiro atoms. The molecule has 0 radical (unpaired) electrons. The molecule has 0 bridgehead atoms. The van der Waals surface area contributed by atoms with Gasteiger partial charge in [-0.3, -0.25) is 14.5 Å². The molecule has 1 aliphatic heterocycles. The largest absolute Gasteiger partial charge is 0.490 e. The highest BCUT2D eigenvalue weighted by Gasteiger charge is 2.42. The van der Waals surface area contributed by atoms with Crippen LogP contribution in [-0.2, 0) is 35.2 Å². The van der Waals surface area contributed by atoms with Crippen molar-refractivity contribution >= 4 is 46.3 Å². The van der Waals surface area contributed by atoms with E-state index in [2.05, 4.69) is 10.1 Å². The zero-order chi connectivity index (χ0) is 31.6. The van der Waals surface area contributed by atoms with Gasteiger partial charge in [0.15, 0.2) is 0 Å². The van der Waals surface area contributed by atoms with Gasteiger partial charge >= 0.3 is 18.1 Å². The van der Waals surface area contributed by atoms with Gasteiger partial charge in [-0.2, -0.15) is 24.9 Å². The molecule has 2 aromatic rings. The lowest BCUT2D eigenvalue weighted by Gasteiger charge is -2.32.